The molecule has 0 heterocycles. The summed E-state index contributed by atoms with van der Waals surface area (Å²) in [5.41, 5.74) is 0.471. The number of sulfone groups is 1. The first-order chi connectivity index (χ1) is 10.3. The largest absolute Gasteiger partial charge is 0.335 e. The lowest BCUT2D eigenvalue weighted by Crippen LogP contribution is -2.36. The smallest absolute Gasteiger partial charge is 0.319 e. The quantitative estimate of drug-likeness (QED) is 0.717. The van der Waals surface area contributed by atoms with Gasteiger partial charge in [-0.05, 0) is 31.5 Å². The zero-order chi connectivity index (χ0) is 16.6. The van der Waals surface area contributed by atoms with Crippen molar-refractivity contribution in [3.8, 4) is 0 Å². The minimum atomic E-state index is -3.27. The van der Waals surface area contributed by atoms with Crippen LogP contribution in [-0.4, -0.2) is 26.7 Å². The van der Waals surface area contributed by atoms with E-state index in [4.69, 9.17) is 0 Å². The number of unbranched alkanes of at least 4 members (excludes halogenated alkanes) is 3. The number of amides is 2. The number of anilines is 1. The van der Waals surface area contributed by atoms with Crippen molar-refractivity contribution in [1.82, 2.24) is 5.32 Å². The second-order valence-corrected chi connectivity index (χ2v) is 7.66. The monoisotopic (exact) mass is 326 g/mol. The Morgan fingerprint density at radius 1 is 1.23 bits per heavy atom. The standard InChI is InChI=1S/C16H26N2O3S/c1-4-5-6-7-9-13(2)17-16(19)18-14-10-8-11-15(12-14)22(3,20)21/h8,10-13H,4-7,9H2,1-3H3,(H2,17,18,19). The predicted molar refractivity (Wildman–Crippen MR) is 89.9 cm³/mol. The first kappa shape index (κ1) is 18.5. The summed E-state index contributed by atoms with van der Waals surface area (Å²) >= 11 is 0. The van der Waals surface area contributed by atoms with Gasteiger partial charge in [0.1, 0.15) is 0 Å². The maximum atomic E-state index is 11.9. The molecule has 0 aliphatic carbocycles. The van der Waals surface area contributed by atoms with Crippen LogP contribution in [0.5, 0.6) is 0 Å². The van der Waals surface area contributed by atoms with Crippen molar-refractivity contribution in [2.75, 3.05) is 11.6 Å². The molecule has 0 radical (unpaired) electrons. The molecule has 1 rings (SSSR count). The van der Waals surface area contributed by atoms with E-state index in [0.29, 0.717) is 5.69 Å². The van der Waals surface area contributed by atoms with Crippen LogP contribution in [-0.2, 0) is 9.84 Å². The lowest BCUT2D eigenvalue weighted by atomic mass is 10.1. The summed E-state index contributed by atoms with van der Waals surface area (Å²) < 4.78 is 23.0. The first-order valence-corrected chi connectivity index (χ1v) is 9.59. The van der Waals surface area contributed by atoms with Crippen molar-refractivity contribution in [3.63, 3.8) is 0 Å². The topological polar surface area (TPSA) is 75.3 Å². The van der Waals surface area contributed by atoms with Crippen molar-refractivity contribution in [2.45, 2.75) is 56.9 Å². The summed E-state index contributed by atoms with van der Waals surface area (Å²) in [4.78, 5) is 12.1. The molecule has 124 valence electrons. The van der Waals surface area contributed by atoms with E-state index in [2.05, 4.69) is 17.6 Å². The Bertz CT molecular complexity index is 585. The first-order valence-electron chi connectivity index (χ1n) is 7.70. The lowest BCUT2D eigenvalue weighted by Gasteiger charge is -2.14. The van der Waals surface area contributed by atoms with Gasteiger partial charge >= 0.3 is 6.03 Å². The van der Waals surface area contributed by atoms with Crippen LogP contribution in [0, 0.1) is 0 Å². The van der Waals surface area contributed by atoms with Gasteiger partial charge in [0.25, 0.3) is 0 Å². The number of rotatable bonds is 8. The molecule has 0 aliphatic heterocycles. The third kappa shape index (κ3) is 6.93. The summed E-state index contributed by atoms with van der Waals surface area (Å²) in [6, 6.07) is 6.03. The summed E-state index contributed by atoms with van der Waals surface area (Å²) in [7, 11) is -3.27. The highest BCUT2D eigenvalue weighted by atomic mass is 32.2. The maximum Gasteiger partial charge on any atom is 0.319 e. The molecule has 0 bridgehead atoms. The molecule has 0 saturated heterocycles. The van der Waals surface area contributed by atoms with Gasteiger partial charge in [0, 0.05) is 18.0 Å². The van der Waals surface area contributed by atoms with E-state index < -0.39 is 9.84 Å². The Hall–Kier alpha value is -1.56. The minimum Gasteiger partial charge on any atom is -0.335 e. The number of hydrogen-bond donors (Lipinski definition) is 2. The van der Waals surface area contributed by atoms with Crippen LogP contribution >= 0.6 is 0 Å². The average Bonchev–Trinajstić information content (AvgIpc) is 2.43. The molecule has 2 amide bonds. The van der Waals surface area contributed by atoms with Crippen molar-refractivity contribution in [3.05, 3.63) is 24.3 Å². The second kappa shape index (κ2) is 8.78. The van der Waals surface area contributed by atoms with Gasteiger partial charge in [0.05, 0.1) is 4.90 Å². The molecule has 1 aromatic carbocycles. The molecule has 1 atom stereocenters. The molecule has 0 spiro atoms. The van der Waals surface area contributed by atoms with E-state index in [1.54, 1.807) is 12.1 Å². The van der Waals surface area contributed by atoms with Gasteiger partial charge in [-0.25, -0.2) is 13.2 Å². The van der Waals surface area contributed by atoms with Crippen LogP contribution in [0.3, 0.4) is 0 Å². The van der Waals surface area contributed by atoms with Gasteiger partial charge in [0.15, 0.2) is 9.84 Å². The number of hydrogen-bond acceptors (Lipinski definition) is 3. The number of urea groups is 1. The third-order valence-corrected chi connectivity index (χ3v) is 4.50. The van der Waals surface area contributed by atoms with E-state index in [0.717, 1.165) is 19.1 Å². The molecular formula is C16H26N2O3S. The summed E-state index contributed by atoms with van der Waals surface area (Å²) in [5, 5.41) is 5.54. The van der Waals surface area contributed by atoms with Gasteiger partial charge in [0.2, 0.25) is 0 Å². The van der Waals surface area contributed by atoms with Crippen LogP contribution in [0.1, 0.15) is 46.0 Å². The molecule has 5 nitrogen and oxygen atoms in total. The Morgan fingerprint density at radius 2 is 1.95 bits per heavy atom. The zero-order valence-electron chi connectivity index (χ0n) is 13.6. The maximum absolute atomic E-state index is 11.9. The van der Waals surface area contributed by atoms with E-state index >= 15 is 0 Å². The van der Waals surface area contributed by atoms with Gasteiger partial charge in [-0.2, -0.15) is 0 Å². The zero-order valence-corrected chi connectivity index (χ0v) is 14.4. The summed E-state index contributed by atoms with van der Waals surface area (Å²) in [6.45, 7) is 4.14. The second-order valence-electron chi connectivity index (χ2n) is 5.65. The van der Waals surface area contributed by atoms with Crippen molar-refractivity contribution < 1.29 is 13.2 Å². The Kier molecular flexibility index (Phi) is 7.38. The third-order valence-electron chi connectivity index (χ3n) is 3.39. The SMILES string of the molecule is CCCCCCC(C)NC(=O)Nc1cccc(S(C)(=O)=O)c1. The molecule has 1 aromatic rings. The minimum absolute atomic E-state index is 0.0925. The van der Waals surface area contributed by atoms with Gasteiger partial charge in [-0.1, -0.05) is 38.7 Å². The number of carbonyl (C=O) groups excluding carboxylic acids is 1. The average molecular weight is 326 g/mol. The van der Waals surface area contributed by atoms with Crippen molar-refractivity contribution >= 4 is 21.6 Å². The molecule has 0 fully saturated rings. The highest BCUT2D eigenvalue weighted by molar-refractivity contribution is 7.90. The van der Waals surface area contributed by atoms with Crippen LogP contribution in [0.2, 0.25) is 0 Å². The predicted octanol–water partition coefficient (Wildman–Crippen LogP) is 3.57. The highest BCUT2D eigenvalue weighted by Crippen LogP contribution is 2.15. The van der Waals surface area contributed by atoms with Crippen LogP contribution in [0.4, 0.5) is 10.5 Å². The number of nitrogens with one attached hydrogen (secondary N) is 2. The van der Waals surface area contributed by atoms with Crippen LogP contribution < -0.4 is 10.6 Å². The Morgan fingerprint density at radius 3 is 2.59 bits per heavy atom. The van der Waals surface area contributed by atoms with E-state index in [1.807, 2.05) is 6.92 Å². The molecule has 1 unspecified atom stereocenters. The van der Waals surface area contributed by atoms with Gasteiger partial charge in [-0.15, -0.1) is 0 Å². The van der Waals surface area contributed by atoms with Crippen LogP contribution in [0.25, 0.3) is 0 Å². The Labute approximate surface area is 133 Å². The van der Waals surface area contributed by atoms with Crippen molar-refractivity contribution in [2.24, 2.45) is 0 Å². The number of carbonyl (C=O) groups is 1. The fraction of sp³-hybridized carbons (Fsp3) is 0.562. The summed E-state index contributed by atoms with van der Waals surface area (Å²) in [5.74, 6) is 0. The van der Waals surface area contributed by atoms with Crippen molar-refractivity contribution in [1.29, 1.82) is 0 Å². The molecule has 2 N–H and O–H groups in total. The molecule has 6 heteroatoms. The van der Waals surface area contributed by atoms with E-state index in [9.17, 15) is 13.2 Å². The summed E-state index contributed by atoms with van der Waals surface area (Å²) in [6.07, 6.45) is 6.77. The molecular weight excluding hydrogens is 300 g/mol. The molecule has 0 aliphatic rings. The fourth-order valence-electron chi connectivity index (χ4n) is 2.14. The molecule has 0 saturated carbocycles. The van der Waals surface area contributed by atoms with Gasteiger partial charge in [-0.3, -0.25) is 0 Å². The van der Waals surface area contributed by atoms with Crippen LogP contribution in [0.15, 0.2) is 29.2 Å². The normalized spacial score (nSPS) is 12.7. The fourth-order valence-corrected chi connectivity index (χ4v) is 2.81. The molecule has 0 aromatic heterocycles. The number of benzene rings is 1. The highest BCUT2D eigenvalue weighted by Gasteiger charge is 2.10. The Balaban J connectivity index is 2.48. The van der Waals surface area contributed by atoms with E-state index in [1.165, 1.54) is 31.4 Å². The molecule has 22 heavy (non-hydrogen) atoms. The van der Waals surface area contributed by atoms with Gasteiger partial charge < -0.3 is 10.6 Å². The lowest BCUT2D eigenvalue weighted by molar-refractivity contribution is 0.248. The van der Waals surface area contributed by atoms with E-state index in [-0.39, 0.29) is 17.0 Å².